The summed E-state index contributed by atoms with van der Waals surface area (Å²) in [5, 5.41) is 1.74. The predicted molar refractivity (Wildman–Crippen MR) is 48.9 cm³/mol. The molecule has 0 N–H and O–H groups in total. The Morgan fingerprint density at radius 3 is 2.91 bits per heavy atom. The van der Waals surface area contributed by atoms with Gasteiger partial charge < -0.3 is 4.57 Å². The fourth-order valence-electron chi connectivity index (χ4n) is 0.865. The smallest absolute Gasteiger partial charge is 0.168 e. The zero-order valence-corrected chi connectivity index (χ0v) is 8.06. The van der Waals surface area contributed by atoms with Gasteiger partial charge in [0.2, 0.25) is 0 Å². The first-order valence-electron chi connectivity index (χ1n) is 3.91. The van der Waals surface area contributed by atoms with Crippen LogP contribution >= 0.6 is 11.8 Å². The van der Waals surface area contributed by atoms with Crippen LogP contribution < -0.4 is 0 Å². The molecule has 62 valence electrons. The molecule has 0 amide bonds. The lowest BCUT2D eigenvalue weighted by Crippen LogP contribution is -1.97. The lowest BCUT2D eigenvalue weighted by molar-refractivity contribution is 0.680. The van der Waals surface area contributed by atoms with E-state index in [9.17, 15) is 0 Å². The summed E-state index contributed by atoms with van der Waals surface area (Å²) in [7, 11) is 0. The number of rotatable bonds is 3. The summed E-state index contributed by atoms with van der Waals surface area (Å²) >= 11 is 1.81. The lowest BCUT2D eigenvalue weighted by atomic mass is 10.6. The summed E-state index contributed by atoms with van der Waals surface area (Å²) in [6, 6.07) is 0. The van der Waals surface area contributed by atoms with E-state index in [4.69, 9.17) is 0 Å². The van der Waals surface area contributed by atoms with Crippen LogP contribution in [0.5, 0.6) is 0 Å². The summed E-state index contributed by atoms with van der Waals surface area (Å²) in [6.45, 7) is 7.50. The molecular weight excluding hydrogens is 156 g/mol. The van der Waals surface area contributed by atoms with Crippen molar-refractivity contribution in [1.82, 2.24) is 9.55 Å². The lowest BCUT2D eigenvalue weighted by Gasteiger charge is -2.05. The SMILES string of the molecule is CCn1ccnc1SC(C)C. The Morgan fingerprint density at radius 2 is 2.36 bits per heavy atom. The molecule has 0 aliphatic rings. The number of nitrogens with zero attached hydrogens (tertiary/aromatic N) is 2. The highest BCUT2D eigenvalue weighted by Gasteiger charge is 2.03. The molecule has 1 heterocycles. The molecule has 0 bridgehead atoms. The zero-order chi connectivity index (χ0) is 8.27. The summed E-state index contributed by atoms with van der Waals surface area (Å²) in [5.74, 6) is 0. The molecule has 0 radical (unpaired) electrons. The van der Waals surface area contributed by atoms with Gasteiger partial charge >= 0.3 is 0 Å². The standard InChI is InChI=1S/C8H14N2S/c1-4-10-6-5-9-8(10)11-7(2)3/h5-7H,4H2,1-3H3. The van der Waals surface area contributed by atoms with Crippen LogP contribution in [0.4, 0.5) is 0 Å². The topological polar surface area (TPSA) is 17.8 Å². The van der Waals surface area contributed by atoms with Gasteiger partial charge in [-0.2, -0.15) is 0 Å². The van der Waals surface area contributed by atoms with E-state index < -0.39 is 0 Å². The van der Waals surface area contributed by atoms with Crippen molar-refractivity contribution < 1.29 is 0 Å². The first kappa shape index (κ1) is 8.65. The van der Waals surface area contributed by atoms with Gasteiger partial charge in [0.05, 0.1) is 0 Å². The van der Waals surface area contributed by atoms with Gasteiger partial charge in [-0.05, 0) is 6.92 Å². The van der Waals surface area contributed by atoms with Gasteiger partial charge in [0.1, 0.15) is 0 Å². The van der Waals surface area contributed by atoms with Crippen LogP contribution in [-0.4, -0.2) is 14.8 Å². The molecule has 0 aliphatic carbocycles. The van der Waals surface area contributed by atoms with Crippen molar-refractivity contribution in [1.29, 1.82) is 0 Å². The van der Waals surface area contributed by atoms with Crippen molar-refractivity contribution in [3.05, 3.63) is 12.4 Å². The minimum atomic E-state index is 0.614. The third-order valence-corrected chi connectivity index (χ3v) is 2.38. The van der Waals surface area contributed by atoms with E-state index in [1.165, 1.54) is 0 Å². The van der Waals surface area contributed by atoms with E-state index in [1.807, 2.05) is 24.2 Å². The maximum Gasteiger partial charge on any atom is 0.168 e. The van der Waals surface area contributed by atoms with Gasteiger partial charge in [-0.3, -0.25) is 0 Å². The Labute approximate surface area is 72.0 Å². The maximum absolute atomic E-state index is 4.25. The molecule has 3 heteroatoms. The van der Waals surface area contributed by atoms with Crippen LogP contribution in [0.1, 0.15) is 20.8 Å². The molecule has 0 aliphatic heterocycles. The summed E-state index contributed by atoms with van der Waals surface area (Å²) in [6.07, 6.45) is 3.87. The van der Waals surface area contributed by atoms with Crippen molar-refractivity contribution in [2.45, 2.75) is 37.7 Å². The van der Waals surface area contributed by atoms with Gasteiger partial charge in [0.15, 0.2) is 5.16 Å². The second-order valence-corrected chi connectivity index (χ2v) is 4.21. The number of aryl methyl sites for hydroxylation is 1. The van der Waals surface area contributed by atoms with Gasteiger partial charge in [0.25, 0.3) is 0 Å². The summed E-state index contributed by atoms with van der Waals surface area (Å²) in [4.78, 5) is 4.25. The van der Waals surface area contributed by atoms with Crippen LogP contribution in [0.15, 0.2) is 17.6 Å². The number of hydrogen-bond acceptors (Lipinski definition) is 2. The highest BCUT2D eigenvalue weighted by atomic mass is 32.2. The zero-order valence-electron chi connectivity index (χ0n) is 7.24. The van der Waals surface area contributed by atoms with Crippen LogP contribution in [0, 0.1) is 0 Å². The maximum atomic E-state index is 4.25. The molecule has 1 aromatic heterocycles. The van der Waals surface area contributed by atoms with Crippen LogP contribution in [0.3, 0.4) is 0 Å². The van der Waals surface area contributed by atoms with E-state index >= 15 is 0 Å². The van der Waals surface area contributed by atoms with Crippen molar-refractivity contribution in [2.24, 2.45) is 0 Å². The van der Waals surface area contributed by atoms with Crippen LogP contribution in [-0.2, 0) is 6.54 Å². The second kappa shape index (κ2) is 3.81. The average Bonchev–Trinajstić information content (AvgIpc) is 2.34. The Balaban J connectivity index is 2.68. The number of hydrogen-bond donors (Lipinski definition) is 0. The minimum absolute atomic E-state index is 0.614. The van der Waals surface area contributed by atoms with Crippen molar-refractivity contribution >= 4 is 11.8 Å². The Morgan fingerprint density at radius 1 is 1.64 bits per heavy atom. The van der Waals surface area contributed by atoms with Crippen molar-refractivity contribution in [3.8, 4) is 0 Å². The molecule has 1 aromatic rings. The van der Waals surface area contributed by atoms with E-state index in [0.717, 1.165) is 11.7 Å². The first-order valence-corrected chi connectivity index (χ1v) is 4.79. The molecule has 0 atom stereocenters. The Hall–Kier alpha value is -0.440. The average molecular weight is 170 g/mol. The van der Waals surface area contributed by atoms with E-state index in [-0.39, 0.29) is 0 Å². The quantitative estimate of drug-likeness (QED) is 0.648. The van der Waals surface area contributed by atoms with E-state index in [0.29, 0.717) is 5.25 Å². The fraction of sp³-hybridized carbons (Fsp3) is 0.625. The normalized spacial score (nSPS) is 10.9. The predicted octanol–water partition coefficient (Wildman–Crippen LogP) is 2.40. The highest BCUT2D eigenvalue weighted by Crippen LogP contribution is 2.20. The highest BCUT2D eigenvalue weighted by molar-refractivity contribution is 7.99. The third kappa shape index (κ3) is 2.26. The second-order valence-electron chi connectivity index (χ2n) is 2.66. The minimum Gasteiger partial charge on any atom is -0.326 e. The number of thioether (sulfide) groups is 1. The fourth-order valence-corrected chi connectivity index (χ4v) is 1.73. The van der Waals surface area contributed by atoms with Crippen LogP contribution in [0.25, 0.3) is 0 Å². The summed E-state index contributed by atoms with van der Waals surface area (Å²) < 4.78 is 2.16. The van der Waals surface area contributed by atoms with Gasteiger partial charge in [0, 0.05) is 24.2 Å². The molecule has 0 unspecified atom stereocenters. The molecule has 0 fully saturated rings. The van der Waals surface area contributed by atoms with E-state index in [2.05, 4.69) is 30.3 Å². The Kier molecular flexibility index (Phi) is 3.00. The van der Waals surface area contributed by atoms with Crippen LogP contribution in [0.2, 0.25) is 0 Å². The molecular formula is C8H14N2S. The van der Waals surface area contributed by atoms with Gasteiger partial charge in [-0.25, -0.2) is 4.98 Å². The molecule has 0 saturated carbocycles. The molecule has 11 heavy (non-hydrogen) atoms. The molecule has 2 nitrogen and oxygen atoms in total. The van der Waals surface area contributed by atoms with Gasteiger partial charge in [-0.1, -0.05) is 25.6 Å². The number of imidazole rings is 1. The third-order valence-electron chi connectivity index (χ3n) is 1.36. The monoisotopic (exact) mass is 170 g/mol. The van der Waals surface area contributed by atoms with E-state index in [1.54, 1.807) is 0 Å². The molecule has 1 rings (SSSR count). The molecule has 0 saturated heterocycles. The van der Waals surface area contributed by atoms with Gasteiger partial charge in [-0.15, -0.1) is 0 Å². The molecule has 0 aromatic carbocycles. The summed E-state index contributed by atoms with van der Waals surface area (Å²) in [5.41, 5.74) is 0. The first-order chi connectivity index (χ1) is 5.24. The largest absolute Gasteiger partial charge is 0.326 e. The van der Waals surface area contributed by atoms with Crippen molar-refractivity contribution in [2.75, 3.05) is 0 Å². The molecule has 0 spiro atoms. The number of aromatic nitrogens is 2. The Bertz CT molecular complexity index is 218. The van der Waals surface area contributed by atoms with Crippen molar-refractivity contribution in [3.63, 3.8) is 0 Å².